The summed E-state index contributed by atoms with van der Waals surface area (Å²) < 4.78 is 5.60. The van der Waals surface area contributed by atoms with Crippen LogP contribution in [0.2, 0.25) is 0 Å². The van der Waals surface area contributed by atoms with Crippen molar-refractivity contribution < 1.29 is 20.0 Å². The van der Waals surface area contributed by atoms with E-state index in [4.69, 9.17) is 4.74 Å². The summed E-state index contributed by atoms with van der Waals surface area (Å²) in [6.45, 7) is 2.88. The van der Waals surface area contributed by atoms with E-state index in [1.54, 1.807) is 11.8 Å². The summed E-state index contributed by atoms with van der Waals surface area (Å²) in [5.74, 6) is 0.494. The van der Waals surface area contributed by atoms with Crippen LogP contribution in [0.25, 0.3) is 0 Å². The number of nitrogens with two attached hydrogens (primary N) is 1. The van der Waals surface area contributed by atoms with Gasteiger partial charge in [-0.3, -0.25) is 0 Å². The quantitative estimate of drug-likeness (QED) is 0.761. The Morgan fingerprint density at radius 3 is 2.79 bits per heavy atom. The molecule has 4 nitrogen and oxygen atoms in total. The number of quaternary nitrogens is 1. The lowest BCUT2D eigenvalue weighted by Crippen LogP contribution is -2.90. The van der Waals surface area contributed by atoms with Crippen LogP contribution in [0.4, 0.5) is 0 Å². The first-order chi connectivity index (χ1) is 9.20. The van der Waals surface area contributed by atoms with Gasteiger partial charge in [0.25, 0.3) is 0 Å². The molecule has 0 aliphatic carbocycles. The standard InChI is InChI=1S/C14H19NO3S/c1-2-3-8-18-11-6-4-10(5-7-11)13-15-12(9-19-13)14(16)17/h4-7,12-13,15H,2-3,8-9H2,1H3,(H,16,17)/t12-,13-/m0/s1. The van der Waals surface area contributed by atoms with Crippen LogP contribution < -0.4 is 15.2 Å². The normalized spacial score (nSPS) is 22.4. The summed E-state index contributed by atoms with van der Waals surface area (Å²) in [7, 11) is 0. The molecule has 0 unspecified atom stereocenters. The monoisotopic (exact) mass is 281 g/mol. The molecule has 2 rings (SSSR count). The predicted octanol–water partition coefficient (Wildman–Crippen LogP) is 0.293. The van der Waals surface area contributed by atoms with Gasteiger partial charge in [0.1, 0.15) is 17.8 Å². The van der Waals surface area contributed by atoms with Gasteiger partial charge in [-0.1, -0.05) is 25.1 Å². The Bertz CT molecular complexity index is 421. The predicted molar refractivity (Wildman–Crippen MR) is 72.8 cm³/mol. The van der Waals surface area contributed by atoms with Gasteiger partial charge < -0.3 is 20.0 Å². The van der Waals surface area contributed by atoms with Crippen molar-refractivity contribution in [2.45, 2.75) is 31.2 Å². The molecule has 1 aliphatic rings. The zero-order valence-electron chi connectivity index (χ0n) is 11.0. The number of hydrogen-bond donors (Lipinski definition) is 1. The van der Waals surface area contributed by atoms with Gasteiger partial charge in [-0.15, -0.1) is 0 Å². The lowest BCUT2D eigenvalue weighted by atomic mass is 10.2. The number of unbranched alkanes of at least 4 members (excludes halogenated alkanes) is 1. The zero-order chi connectivity index (χ0) is 13.7. The Balaban J connectivity index is 1.90. The summed E-state index contributed by atoms with van der Waals surface area (Å²) in [6, 6.07) is 7.48. The molecule has 0 aromatic heterocycles. The minimum Gasteiger partial charge on any atom is -0.544 e. The molecule has 0 radical (unpaired) electrons. The lowest BCUT2D eigenvalue weighted by molar-refractivity contribution is -0.690. The van der Waals surface area contributed by atoms with Crippen LogP contribution in [-0.2, 0) is 4.79 Å². The van der Waals surface area contributed by atoms with Gasteiger partial charge in [-0.2, -0.15) is 0 Å². The maximum Gasteiger partial charge on any atom is 0.159 e. The number of benzene rings is 1. The smallest absolute Gasteiger partial charge is 0.159 e. The number of ether oxygens (including phenoxy) is 1. The molecule has 0 saturated carbocycles. The molecule has 104 valence electrons. The van der Waals surface area contributed by atoms with E-state index in [2.05, 4.69) is 6.92 Å². The van der Waals surface area contributed by atoms with Crippen LogP contribution in [0.3, 0.4) is 0 Å². The maximum atomic E-state index is 10.8. The number of rotatable bonds is 6. The Kier molecular flexibility index (Phi) is 5.10. The Morgan fingerprint density at radius 2 is 2.21 bits per heavy atom. The second-order valence-electron chi connectivity index (χ2n) is 4.64. The SMILES string of the molecule is CCCCOc1ccc([C@H]2[NH2+][C@H](C(=O)[O-])CS2)cc1. The fraction of sp³-hybridized carbons (Fsp3) is 0.500. The van der Waals surface area contributed by atoms with E-state index in [1.807, 2.05) is 29.6 Å². The first-order valence-corrected chi connectivity index (χ1v) is 7.65. The van der Waals surface area contributed by atoms with Crippen LogP contribution in [0.1, 0.15) is 30.7 Å². The van der Waals surface area contributed by atoms with Crippen molar-refractivity contribution in [3.05, 3.63) is 29.8 Å². The molecule has 1 fully saturated rings. The van der Waals surface area contributed by atoms with Crippen molar-refractivity contribution in [3.8, 4) is 5.75 Å². The number of carbonyl (C=O) groups excluding carboxylic acids is 1. The highest BCUT2D eigenvalue weighted by molar-refractivity contribution is 7.99. The summed E-state index contributed by atoms with van der Waals surface area (Å²) in [4.78, 5) is 10.8. The highest BCUT2D eigenvalue weighted by Gasteiger charge is 2.30. The molecule has 1 saturated heterocycles. The molecule has 1 aromatic carbocycles. The Labute approximate surface area is 117 Å². The van der Waals surface area contributed by atoms with Crippen molar-refractivity contribution in [1.29, 1.82) is 0 Å². The molecule has 0 spiro atoms. The average molecular weight is 281 g/mol. The zero-order valence-corrected chi connectivity index (χ0v) is 11.8. The van der Waals surface area contributed by atoms with Gasteiger partial charge in [0.15, 0.2) is 5.37 Å². The molecule has 1 aliphatic heterocycles. The third-order valence-corrected chi connectivity index (χ3v) is 4.48. The molecule has 5 heteroatoms. The Hall–Kier alpha value is -1.20. The molecule has 19 heavy (non-hydrogen) atoms. The molecule has 2 N–H and O–H groups in total. The van der Waals surface area contributed by atoms with E-state index in [0.29, 0.717) is 5.75 Å². The fourth-order valence-electron chi connectivity index (χ4n) is 1.97. The van der Waals surface area contributed by atoms with Gasteiger partial charge in [-0.25, -0.2) is 0 Å². The van der Waals surface area contributed by atoms with E-state index in [1.165, 1.54) is 0 Å². The van der Waals surface area contributed by atoms with E-state index in [0.717, 1.165) is 30.8 Å². The highest BCUT2D eigenvalue weighted by atomic mass is 32.2. The van der Waals surface area contributed by atoms with Crippen molar-refractivity contribution in [3.63, 3.8) is 0 Å². The average Bonchev–Trinajstić information content (AvgIpc) is 2.90. The van der Waals surface area contributed by atoms with Gasteiger partial charge in [0.05, 0.1) is 12.4 Å². The second-order valence-corrected chi connectivity index (χ2v) is 5.82. The first kappa shape index (κ1) is 14.2. The number of carboxylic acids is 1. The van der Waals surface area contributed by atoms with E-state index in [9.17, 15) is 9.90 Å². The van der Waals surface area contributed by atoms with Crippen LogP contribution in [0, 0.1) is 0 Å². The first-order valence-electron chi connectivity index (χ1n) is 6.61. The molecular weight excluding hydrogens is 262 g/mol. The molecule has 1 heterocycles. The van der Waals surface area contributed by atoms with Crippen LogP contribution in [-0.4, -0.2) is 24.4 Å². The minimum atomic E-state index is -0.977. The number of aliphatic carboxylic acids is 1. The minimum absolute atomic E-state index is 0.146. The van der Waals surface area contributed by atoms with E-state index < -0.39 is 12.0 Å². The molecule has 2 atom stereocenters. The van der Waals surface area contributed by atoms with Crippen LogP contribution in [0.5, 0.6) is 5.75 Å². The summed E-state index contributed by atoms with van der Waals surface area (Å²) >= 11 is 1.64. The van der Waals surface area contributed by atoms with Crippen molar-refractivity contribution in [2.24, 2.45) is 0 Å². The number of carboxylic acid groups (broad SMARTS) is 1. The maximum absolute atomic E-state index is 10.8. The number of thioether (sulfide) groups is 1. The Morgan fingerprint density at radius 1 is 1.47 bits per heavy atom. The largest absolute Gasteiger partial charge is 0.544 e. The third kappa shape index (κ3) is 3.88. The van der Waals surface area contributed by atoms with Gasteiger partial charge in [0, 0.05) is 5.56 Å². The van der Waals surface area contributed by atoms with E-state index in [-0.39, 0.29) is 5.37 Å². The van der Waals surface area contributed by atoms with Crippen molar-refractivity contribution >= 4 is 17.7 Å². The number of hydrogen-bond acceptors (Lipinski definition) is 4. The van der Waals surface area contributed by atoms with Crippen LogP contribution >= 0.6 is 11.8 Å². The second kappa shape index (κ2) is 6.82. The summed E-state index contributed by atoms with van der Waals surface area (Å²) in [5.41, 5.74) is 1.12. The van der Waals surface area contributed by atoms with Crippen molar-refractivity contribution in [2.75, 3.05) is 12.4 Å². The lowest BCUT2D eigenvalue weighted by Gasteiger charge is -2.11. The highest BCUT2D eigenvalue weighted by Crippen LogP contribution is 2.28. The molecule has 0 amide bonds. The molecular formula is C14H19NO3S. The third-order valence-electron chi connectivity index (χ3n) is 3.14. The van der Waals surface area contributed by atoms with Gasteiger partial charge in [-0.05, 0) is 30.7 Å². The summed E-state index contributed by atoms with van der Waals surface area (Å²) in [6.07, 6.45) is 2.18. The van der Waals surface area contributed by atoms with E-state index >= 15 is 0 Å². The fourth-order valence-corrected chi connectivity index (χ4v) is 3.28. The van der Waals surface area contributed by atoms with Crippen molar-refractivity contribution in [1.82, 2.24) is 0 Å². The van der Waals surface area contributed by atoms with Gasteiger partial charge >= 0.3 is 0 Å². The van der Waals surface area contributed by atoms with Crippen LogP contribution in [0.15, 0.2) is 24.3 Å². The molecule has 0 bridgehead atoms. The number of carbonyl (C=O) groups is 1. The topological polar surface area (TPSA) is 66.0 Å². The van der Waals surface area contributed by atoms with Gasteiger partial charge in [0.2, 0.25) is 0 Å². The molecule has 1 aromatic rings. The summed E-state index contributed by atoms with van der Waals surface area (Å²) in [5, 5.41) is 12.8.